The van der Waals surface area contributed by atoms with Crippen LogP contribution in [0.4, 0.5) is 11.6 Å². The molecular weight excluding hydrogens is 294 g/mol. The first-order valence-electron chi connectivity index (χ1n) is 8.51. The first-order chi connectivity index (χ1) is 11.2. The van der Waals surface area contributed by atoms with Crippen LogP contribution < -0.4 is 15.4 Å². The number of nitrogens with two attached hydrogens (primary N) is 1. The van der Waals surface area contributed by atoms with Gasteiger partial charge in [-0.3, -0.25) is 9.69 Å². The topological polar surface area (TPSA) is 84.6 Å². The van der Waals surface area contributed by atoms with Crippen LogP contribution in [0.5, 0.6) is 6.01 Å². The summed E-state index contributed by atoms with van der Waals surface area (Å²) in [7, 11) is 0. The van der Waals surface area contributed by atoms with Crippen LogP contribution in [0.1, 0.15) is 38.2 Å². The summed E-state index contributed by atoms with van der Waals surface area (Å²) in [5.74, 6) is 1.05. The minimum atomic E-state index is 0.0512. The molecular formula is C16H25N5O2. The highest BCUT2D eigenvalue weighted by Gasteiger charge is 2.32. The van der Waals surface area contributed by atoms with Crippen molar-refractivity contribution in [3.63, 3.8) is 0 Å². The third kappa shape index (κ3) is 3.55. The van der Waals surface area contributed by atoms with Crippen molar-refractivity contribution in [3.8, 4) is 6.01 Å². The number of likely N-dealkylation sites (tertiary alicyclic amines) is 1. The van der Waals surface area contributed by atoms with E-state index in [4.69, 9.17) is 10.5 Å². The van der Waals surface area contributed by atoms with E-state index >= 15 is 0 Å². The average Bonchev–Trinajstić information content (AvgIpc) is 2.79. The van der Waals surface area contributed by atoms with Crippen LogP contribution in [0.15, 0.2) is 0 Å². The van der Waals surface area contributed by atoms with Gasteiger partial charge in [0.25, 0.3) is 0 Å². The molecule has 1 aromatic rings. The number of hydrogen-bond acceptors (Lipinski definition) is 6. The van der Waals surface area contributed by atoms with E-state index in [0.29, 0.717) is 31.2 Å². The molecule has 3 heterocycles. The number of carbonyl (C=O) groups is 1. The molecule has 3 rings (SSSR count). The molecule has 0 spiro atoms. The molecule has 0 radical (unpaired) electrons. The SMILES string of the molecule is CCCCOc1nc(N)c2c(n1)N(CCCN1CCC1)C(=O)C2. The minimum Gasteiger partial charge on any atom is -0.463 e. The largest absolute Gasteiger partial charge is 0.463 e. The van der Waals surface area contributed by atoms with Gasteiger partial charge < -0.3 is 15.4 Å². The lowest BCUT2D eigenvalue weighted by Gasteiger charge is -2.31. The van der Waals surface area contributed by atoms with Gasteiger partial charge >= 0.3 is 6.01 Å². The van der Waals surface area contributed by atoms with Crippen LogP contribution in [0.25, 0.3) is 0 Å². The molecule has 0 aromatic carbocycles. The van der Waals surface area contributed by atoms with Gasteiger partial charge in [0, 0.05) is 12.1 Å². The van der Waals surface area contributed by atoms with Crippen molar-refractivity contribution < 1.29 is 9.53 Å². The van der Waals surface area contributed by atoms with Gasteiger partial charge in [0.2, 0.25) is 5.91 Å². The van der Waals surface area contributed by atoms with Crippen LogP contribution in [0.3, 0.4) is 0 Å². The van der Waals surface area contributed by atoms with Crippen LogP contribution in [0, 0.1) is 0 Å². The van der Waals surface area contributed by atoms with Crippen LogP contribution in [-0.2, 0) is 11.2 Å². The highest BCUT2D eigenvalue weighted by atomic mass is 16.5. The Morgan fingerprint density at radius 3 is 2.74 bits per heavy atom. The summed E-state index contributed by atoms with van der Waals surface area (Å²) in [6.45, 7) is 6.72. The maximum absolute atomic E-state index is 12.3. The second-order valence-corrected chi connectivity index (χ2v) is 6.17. The number of nitrogen functional groups attached to an aromatic ring is 1. The number of fused-ring (bicyclic) bond motifs is 1. The van der Waals surface area contributed by atoms with Gasteiger partial charge in [-0.05, 0) is 38.9 Å². The molecule has 2 aliphatic rings. The maximum atomic E-state index is 12.3. The summed E-state index contributed by atoms with van der Waals surface area (Å²) in [6.07, 6.45) is 4.51. The third-order valence-electron chi connectivity index (χ3n) is 4.42. The molecule has 1 fully saturated rings. The highest BCUT2D eigenvalue weighted by Crippen LogP contribution is 2.32. The molecule has 0 unspecified atom stereocenters. The van der Waals surface area contributed by atoms with Crippen molar-refractivity contribution in [1.82, 2.24) is 14.9 Å². The molecule has 1 aromatic heterocycles. The van der Waals surface area contributed by atoms with Gasteiger partial charge in [-0.25, -0.2) is 0 Å². The number of nitrogens with zero attached hydrogens (tertiary/aromatic N) is 4. The summed E-state index contributed by atoms with van der Waals surface area (Å²) in [6, 6.07) is 0.275. The fraction of sp³-hybridized carbons (Fsp3) is 0.688. The fourth-order valence-electron chi connectivity index (χ4n) is 2.89. The van der Waals surface area contributed by atoms with E-state index in [1.807, 2.05) is 0 Å². The lowest BCUT2D eigenvalue weighted by Crippen LogP contribution is -2.39. The van der Waals surface area contributed by atoms with Gasteiger partial charge in [-0.2, -0.15) is 9.97 Å². The summed E-state index contributed by atoms with van der Waals surface area (Å²) in [4.78, 5) is 25.0. The second kappa shape index (κ2) is 7.12. The van der Waals surface area contributed by atoms with Crippen molar-refractivity contribution in [3.05, 3.63) is 5.56 Å². The quantitative estimate of drug-likeness (QED) is 0.725. The molecule has 2 aliphatic heterocycles. The molecule has 1 amide bonds. The maximum Gasteiger partial charge on any atom is 0.320 e. The number of anilines is 2. The summed E-state index contributed by atoms with van der Waals surface area (Å²) >= 11 is 0. The lowest BCUT2D eigenvalue weighted by atomic mass is 10.2. The lowest BCUT2D eigenvalue weighted by molar-refractivity contribution is -0.117. The third-order valence-corrected chi connectivity index (χ3v) is 4.42. The van der Waals surface area contributed by atoms with Crippen molar-refractivity contribution in [2.75, 3.05) is 43.4 Å². The molecule has 1 saturated heterocycles. The van der Waals surface area contributed by atoms with Crippen LogP contribution in [0.2, 0.25) is 0 Å². The number of unbranched alkanes of at least 4 members (excludes halogenated alkanes) is 1. The first kappa shape index (κ1) is 16.0. The molecule has 7 nitrogen and oxygen atoms in total. The first-order valence-corrected chi connectivity index (χ1v) is 8.51. The van der Waals surface area contributed by atoms with Crippen LogP contribution >= 0.6 is 0 Å². The van der Waals surface area contributed by atoms with E-state index in [2.05, 4.69) is 21.8 Å². The number of aromatic nitrogens is 2. The van der Waals surface area contributed by atoms with Gasteiger partial charge in [0.1, 0.15) is 11.6 Å². The van der Waals surface area contributed by atoms with E-state index in [1.165, 1.54) is 19.5 Å². The standard InChI is InChI=1S/C16H25N5O2/c1-2-3-10-23-16-18-14(17)12-11-13(22)21(15(12)19-16)9-5-8-20-6-4-7-20/h2-11H2,1H3,(H2,17,18,19). The molecule has 0 saturated carbocycles. The second-order valence-electron chi connectivity index (χ2n) is 6.17. The Bertz CT molecular complexity index is 574. The monoisotopic (exact) mass is 319 g/mol. The summed E-state index contributed by atoms with van der Waals surface area (Å²) < 4.78 is 5.56. The highest BCUT2D eigenvalue weighted by molar-refractivity contribution is 6.01. The molecule has 126 valence electrons. The molecule has 23 heavy (non-hydrogen) atoms. The number of hydrogen-bond donors (Lipinski definition) is 1. The Morgan fingerprint density at radius 2 is 2.04 bits per heavy atom. The normalized spacial score (nSPS) is 17.3. The smallest absolute Gasteiger partial charge is 0.320 e. The van der Waals surface area contributed by atoms with Crippen LogP contribution in [-0.4, -0.2) is 53.6 Å². The van der Waals surface area contributed by atoms with E-state index in [1.54, 1.807) is 4.90 Å². The number of rotatable bonds is 8. The van der Waals surface area contributed by atoms with Crippen molar-refractivity contribution in [2.45, 2.75) is 39.0 Å². The predicted octanol–water partition coefficient (Wildman–Crippen LogP) is 1.22. The number of amides is 1. The molecule has 7 heteroatoms. The molecule has 0 atom stereocenters. The van der Waals surface area contributed by atoms with E-state index in [0.717, 1.165) is 31.4 Å². The minimum absolute atomic E-state index is 0.0512. The van der Waals surface area contributed by atoms with E-state index in [-0.39, 0.29) is 11.9 Å². The van der Waals surface area contributed by atoms with Crippen molar-refractivity contribution >= 4 is 17.5 Å². The van der Waals surface area contributed by atoms with Crippen molar-refractivity contribution in [1.29, 1.82) is 0 Å². The average molecular weight is 319 g/mol. The summed E-state index contributed by atoms with van der Waals surface area (Å²) in [5, 5.41) is 0. The number of ether oxygens (including phenoxy) is 1. The van der Waals surface area contributed by atoms with E-state index in [9.17, 15) is 4.79 Å². The Morgan fingerprint density at radius 1 is 1.22 bits per heavy atom. The number of carbonyl (C=O) groups excluding carboxylic acids is 1. The van der Waals surface area contributed by atoms with Crippen molar-refractivity contribution in [2.24, 2.45) is 0 Å². The Balaban J connectivity index is 1.67. The molecule has 2 N–H and O–H groups in total. The zero-order valence-corrected chi connectivity index (χ0v) is 13.8. The van der Waals surface area contributed by atoms with E-state index < -0.39 is 0 Å². The zero-order valence-electron chi connectivity index (χ0n) is 13.8. The summed E-state index contributed by atoms with van der Waals surface area (Å²) in [5.41, 5.74) is 6.73. The van der Waals surface area contributed by atoms with Gasteiger partial charge in [0.05, 0.1) is 13.0 Å². The fourth-order valence-corrected chi connectivity index (χ4v) is 2.89. The molecule has 0 aliphatic carbocycles. The zero-order chi connectivity index (χ0) is 16.2. The van der Waals surface area contributed by atoms with Gasteiger partial charge in [-0.1, -0.05) is 13.3 Å². The predicted molar refractivity (Wildman–Crippen MR) is 88.6 cm³/mol. The Labute approximate surface area is 136 Å². The Kier molecular flexibility index (Phi) is 4.95. The Hall–Kier alpha value is -1.89. The molecule has 0 bridgehead atoms. The van der Waals surface area contributed by atoms with Gasteiger partial charge in [0.15, 0.2) is 0 Å². The van der Waals surface area contributed by atoms with Gasteiger partial charge in [-0.15, -0.1) is 0 Å².